The lowest BCUT2D eigenvalue weighted by molar-refractivity contribution is -0.144. The predicted molar refractivity (Wildman–Crippen MR) is 76.6 cm³/mol. The van der Waals surface area contributed by atoms with Crippen molar-refractivity contribution < 1.29 is 19.1 Å². The molecular weight excluding hydrogens is 258 g/mol. The molecule has 1 heterocycles. The van der Waals surface area contributed by atoms with Gasteiger partial charge in [-0.3, -0.25) is 14.5 Å². The second kappa shape index (κ2) is 9.88. The molecule has 5 nitrogen and oxygen atoms in total. The number of hydrogen-bond acceptors (Lipinski definition) is 5. The van der Waals surface area contributed by atoms with Gasteiger partial charge in [0.05, 0.1) is 25.7 Å². The monoisotopic (exact) mass is 285 g/mol. The highest BCUT2D eigenvalue weighted by Gasteiger charge is 2.22. The first-order valence-electron chi connectivity index (χ1n) is 7.67. The first kappa shape index (κ1) is 17.1. The summed E-state index contributed by atoms with van der Waals surface area (Å²) in [5.74, 6) is -0.183. The minimum atomic E-state index is -0.288. The van der Waals surface area contributed by atoms with Gasteiger partial charge in [0.25, 0.3) is 0 Å². The Morgan fingerprint density at radius 3 is 2.75 bits per heavy atom. The molecule has 0 radical (unpaired) electrons. The van der Waals surface area contributed by atoms with E-state index in [0.717, 1.165) is 39.0 Å². The number of esters is 1. The third-order valence-electron chi connectivity index (χ3n) is 3.33. The van der Waals surface area contributed by atoms with Crippen molar-refractivity contribution in [2.45, 2.75) is 52.1 Å². The Morgan fingerprint density at radius 2 is 2.05 bits per heavy atom. The van der Waals surface area contributed by atoms with Crippen LogP contribution >= 0.6 is 0 Å². The quantitative estimate of drug-likeness (QED) is 0.605. The van der Waals surface area contributed by atoms with Gasteiger partial charge in [-0.25, -0.2) is 0 Å². The minimum absolute atomic E-state index is 0.106. The van der Waals surface area contributed by atoms with Crippen LogP contribution in [0.15, 0.2) is 0 Å². The second-order valence-corrected chi connectivity index (χ2v) is 5.21. The maximum Gasteiger partial charge on any atom is 0.306 e. The molecule has 0 N–H and O–H groups in total. The lowest BCUT2D eigenvalue weighted by atomic mass is 10.1. The number of ketones is 1. The Hall–Kier alpha value is -0.940. The summed E-state index contributed by atoms with van der Waals surface area (Å²) in [5, 5.41) is 0. The molecule has 0 aliphatic carbocycles. The number of rotatable bonds is 9. The van der Waals surface area contributed by atoms with Crippen LogP contribution in [0, 0.1) is 0 Å². The molecule has 0 amide bonds. The van der Waals surface area contributed by atoms with Crippen molar-refractivity contribution in [1.29, 1.82) is 0 Å². The number of likely N-dealkylation sites (tertiary alicyclic amines) is 1. The van der Waals surface area contributed by atoms with Gasteiger partial charge < -0.3 is 9.47 Å². The molecule has 1 unspecified atom stereocenters. The van der Waals surface area contributed by atoms with Crippen molar-refractivity contribution >= 4 is 11.8 Å². The number of nitrogens with zero attached hydrogens (tertiary/aromatic N) is 1. The molecule has 1 saturated heterocycles. The standard InChI is InChI=1S/C15H27NO4/c1-3-10-20-14-6-5-9-16(12-14)11-13(17)7-8-15(18)19-4-2/h14H,3-12H2,1-2H3. The van der Waals surface area contributed by atoms with E-state index >= 15 is 0 Å². The van der Waals surface area contributed by atoms with Crippen LogP contribution in [-0.4, -0.2) is 55.6 Å². The predicted octanol–water partition coefficient (Wildman–Crippen LogP) is 1.79. The fourth-order valence-electron chi connectivity index (χ4n) is 2.38. The van der Waals surface area contributed by atoms with Crippen LogP contribution in [0.3, 0.4) is 0 Å². The third kappa shape index (κ3) is 7.01. The Kier molecular flexibility index (Phi) is 8.46. The maximum atomic E-state index is 11.9. The molecule has 1 rings (SSSR count). The molecule has 0 saturated carbocycles. The molecule has 0 aromatic heterocycles. The van der Waals surface area contributed by atoms with Gasteiger partial charge in [-0.05, 0) is 32.7 Å². The third-order valence-corrected chi connectivity index (χ3v) is 3.33. The Bertz CT molecular complexity index is 306. The summed E-state index contributed by atoms with van der Waals surface area (Å²) in [6, 6.07) is 0. The van der Waals surface area contributed by atoms with E-state index in [1.165, 1.54) is 0 Å². The van der Waals surface area contributed by atoms with Gasteiger partial charge >= 0.3 is 5.97 Å². The SMILES string of the molecule is CCCOC1CCCN(CC(=O)CCC(=O)OCC)C1. The lowest BCUT2D eigenvalue weighted by Gasteiger charge is -2.32. The number of Topliss-reactive ketones (excluding diaryl/α,β-unsaturated/α-hetero) is 1. The Morgan fingerprint density at radius 1 is 1.25 bits per heavy atom. The molecule has 0 aromatic carbocycles. The Labute approximate surface area is 121 Å². The van der Waals surface area contributed by atoms with E-state index in [-0.39, 0.29) is 30.7 Å². The number of carbonyl (C=O) groups excluding carboxylic acids is 2. The minimum Gasteiger partial charge on any atom is -0.466 e. The maximum absolute atomic E-state index is 11.9. The molecule has 1 fully saturated rings. The van der Waals surface area contributed by atoms with E-state index in [0.29, 0.717) is 13.2 Å². The molecule has 1 aliphatic heterocycles. The largest absolute Gasteiger partial charge is 0.466 e. The van der Waals surface area contributed by atoms with Crippen LogP contribution in [-0.2, 0) is 19.1 Å². The average Bonchev–Trinajstić information content (AvgIpc) is 2.44. The Balaban J connectivity index is 2.22. The number of piperidine rings is 1. The number of carbonyl (C=O) groups is 2. The van der Waals surface area contributed by atoms with Crippen LogP contribution in [0.2, 0.25) is 0 Å². The van der Waals surface area contributed by atoms with Crippen LogP contribution in [0.5, 0.6) is 0 Å². The summed E-state index contributed by atoms with van der Waals surface area (Å²) in [7, 11) is 0. The molecule has 5 heteroatoms. The summed E-state index contributed by atoms with van der Waals surface area (Å²) < 4.78 is 10.6. The molecule has 0 bridgehead atoms. The zero-order valence-electron chi connectivity index (χ0n) is 12.7. The van der Waals surface area contributed by atoms with Gasteiger partial charge in [0.2, 0.25) is 0 Å². The highest BCUT2D eigenvalue weighted by Crippen LogP contribution is 2.13. The first-order valence-corrected chi connectivity index (χ1v) is 7.67. The van der Waals surface area contributed by atoms with E-state index in [2.05, 4.69) is 11.8 Å². The summed E-state index contributed by atoms with van der Waals surface area (Å²) in [4.78, 5) is 25.2. The van der Waals surface area contributed by atoms with E-state index < -0.39 is 0 Å². The fourth-order valence-corrected chi connectivity index (χ4v) is 2.38. The topological polar surface area (TPSA) is 55.8 Å². The van der Waals surface area contributed by atoms with Crippen LogP contribution < -0.4 is 0 Å². The van der Waals surface area contributed by atoms with E-state index in [9.17, 15) is 9.59 Å². The van der Waals surface area contributed by atoms with Crippen LogP contribution in [0.1, 0.15) is 46.0 Å². The molecular formula is C15H27NO4. The van der Waals surface area contributed by atoms with Crippen molar-refractivity contribution in [3.05, 3.63) is 0 Å². The van der Waals surface area contributed by atoms with Gasteiger partial charge in [0, 0.05) is 19.6 Å². The van der Waals surface area contributed by atoms with Gasteiger partial charge in [-0.1, -0.05) is 6.92 Å². The molecule has 0 spiro atoms. The highest BCUT2D eigenvalue weighted by molar-refractivity contribution is 5.84. The molecule has 1 aliphatic rings. The molecule has 20 heavy (non-hydrogen) atoms. The van der Waals surface area contributed by atoms with Crippen LogP contribution in [0.4, 0.5) is 0 Å². The highest BCUT2D eigenvalue weighted by atomic mass is 16.5. The summed E-state index contributed by atoms with van der Waals surface area (Å²) >= 11 is 0. The van der Waals surface area contributed by atoms with Crippen molar-refractivity contribution in [3.8, 4) is 0 Å². The van der Waals surface area contributed by atoms with Crippen molar-refractivity contribution in [2.75, 3.05) is 32.8 Å². The van der Waals surface area contributed by atoms with E-state index in [1.54, 1.807) is 6.92 Å². The van der Waals surface area contributed by atoms with Gasteiger partial charge in [0.1, 0.15) is 5.78 Å². The van der Waals surface area contributed by atoms with E-state index in [4.69, 9.17) is 9.47 Å². The van der Waals surface area contributed by atoms with Crippen molar-refractivity contribution in [1.82, 2.24) is 4.90 Å². The lowest BCUT2D eigenvalue weighted by Crippen LogP contribution is -2.42. The van der Waals surface area contributed by atoms with Crippen LogP contribution in [0.25, 0.3) is 0 Å². The molecule has 1 atom stereocenters. The summed E-state index contributed by atoms with van der Waals surface area (Å²) in [5.41, 5.74) is 0. The van der Waals surface area contributed by atoms with Gasteiger partial charge in [0.15, 0.2) is 0 Å². The smallest absolute Gasteiger partial charge is 0.306 e. The second-order valence-electron chi connectivity index (χ2n) is 5.21. The van der Waals surface area contributed by atoms with Gasteiger partial charge in [-0.15, -0.1) is 0 Å². The molecule has 116 valence electrons. The van der Waals surface area contributed by atoms with Gasteiger partial charge in [-0.2, -0.15) is 0 Å². The summed E-state index contributed by atoms with van der Waals surface area (Å²) in [6.45, 7) is 7.21. The van der Waals surface area contributed by atoms with Crippen molar-refractivity contribution in [3.63, 3.8) is 0 Å². The molecule has 0 aromatic rings. The van der Waals surface area contributed by atoms with Crippen molar-refractivity contribution in [2.24, 2.45) is 0 Å². The summed E-state index contributed by atoms with van der Waals surface area (Å²) in [6.07, 6.45) is 3.88. The zero-order valence-corrected chi connectivity index (χ0v) is 12.7. The number of ether oxygens (including phenoxy) is 2. The number of hydrogen-bond donors (Lipinski definition) is 0. The zero-order chi connectivity index (χ0) is 14.8. The normalized spacial score (nSPS) is 19.8. The first-order chi connectivity index (χ1) is 9.65. The van der Waals surface area contributed by atoms with E-state index in [1.807, 2.05) is 0 Å². The average molecular weight is 285 g/mol. The fraction of sp³-hybridized carbons (Fsp3) is 0.867.